The first kappa shape index (κ1) is 24.2. The number of benzene rings is 2. The van der Waals surface area contributed by atoms with Crippen LogP contribution in [-0.4, -0.2) is 30.8 Å². The normalized spacial score (nSPS) is 14.1. The van der Waals surface area contributed by atoms with Gasteiger partial charge in [0.2, 0.25) is 0 Å². The molecule has 0 radical (unpaired) electrons. The summed E-state index contributed by atoms with van der Waals surface area (Å²) < 4.78 is 39.2. The molecule has 2 aromatic carbocycles. The molecule has 1 aliphatic carbocycles. The van der Waals surface area contributed by atoms with Crippen molar-refractivity contribution in [3.63, 3.8) is 0 Å². The third-order valence-corrected chi connectivity index (χ3v) is 5.52. The number of hydrogen-bond donors (Lipinski definition) is 1. The third-order valence-electron chi connectivity index (χ3n) is 5.52. The summed E-state index contributed by atoms with van der Waals surface area (Å²) in [6.07, 6.45) is -2.00. The topological polar surface area (TPSA) is 81.3 Å². The van der Waals surface area contributed by atoms with Crippen molar-refractivity contribution in [1.82, 2.24) is 5.01 Å². The van der Waals surface area contributed by atoms with E-state index in [1.807, 2.05) is 12.1 Å². The van der Waals surface area contributed by atoms with E-state index < -0.39 is 17.8 Å². The Hall–Kier alpha value is -3.43. The summed E-state index contributed by atoms with van der Waals surface area (Å²) in [7, 11) is 2.97. The van der Waals surface area contributed by atoms with Crippen molar-refractivity contribution in [2.45, 2.75) is 44.9 Å². The summed E-state index contributed by atoms with van der Waals surface area (Å²) >= 11 is 0. The second-order valence-corrected chi connectivity index (χ2v) is 7.83. The smallest absolute Gasteiger partial charge is 0.391 e. The van der Waals surface area contributed by atoms with Gasteiger partial charge in [-0.3, -0.25) is 4.90 Å². The van der Waals surface area contributed by atoms with E-state index in [2.05, 4.69) is 10.4 Å². The molecule has 0 aromatic heterocycles. The zero-order valence-electron chi connectivity index (χ0n) is 18.7. The highest BCUT2D eigenvalue weighted by atomic mass is 19.4. The number of anilines is 1. The molecule has 1 fully saturated rings. The van der Waals surface area contributed by atoms with Crippen LogP contribution in [-0.2, 0) is 17.6 Å². The van der Waals surface area contributed by atoms with Crippen molar-refractivity contribution >= 4 is 17.4 Å². The Morgan fingerprint density at radius 1 is 1.18 bits per heavy atom. The Balaban J connectivity index is 1.87. The number of oxime groups is 1. The van der Waals surface area contributed by atoms with Crippen LogP contribution in [0.5, 0.6) is 0 Å². The Kier molecular flexibility index (Phi) is 7.35. The lowest BCUT2D eigenvalue weighted by Crippen LogP contribution is -2.36. The molecule has 2 amide bonds. The van der Waals surface area contributed by atoms with Crippen molar-refractivity contribution in [3.8, 4) is 0 Å². The molecule has 1 aliphatic rings. The molecule has 0 saturated heterocycles. The van der Waals surface area contributed by atoms with E-state index in [1.165, 1.54) is 18.0 Å². The van der Waals surface area contributed by atoms with Crippen LogP contribution in [0.25, 0.3) is 0 Å². The summed E-state index contributed by atoms with van der Waals surface area (Å²) in [5.41, 5.74) is 9.49. The monoisotopic (exact) mass is 461 g/mol. The van der Waals surface area contributed by atoms with Crippen molar-refractivity contribution in [2.24, 2.45) is 10.4 Å². The number of hydrogen-bond acceptors (Lipinski definition) is 5. The lowest BCUT2D eigenvalue weighted by molar-refractivity contribution is -0.137. The van der Waals surface area contributed by atoms with Gasteiger partial charge in [-0.25, -0.2) is 4.79 Å². The largest absolute Gasteiger partial charge is 0.416 e. The predicted octanol–water partition coefficient (Wildman–Crippen LogP) is 6.35. The zero-order valence-corrected chi connectivity index (χ0v) is 18.7. The van der Waals surface area contributed by atoms with Crippen LogP contribution in [0.4, 0.5) is 23.7 Å². The summed E-state index contributed by atoms with van der Waals surface area (Å²) in [5, 5.41) is 8.20. The van der Waals surface area contributed by atoms with Gasteiger partial charge in [0.05, 0.1) is 17.0 Å². The molecule has 10 heteroatoms. The van der Waals surface area contributed by atoms with Gasteiger partial charge in [0.15, 0.2) is 0 Å². The predicted molar refractivity (Wildman–Crippen MR) is 118 cm³/mol. The minimum Gasteiger partial charge on any atom is -0.391 e. The molecule has 7 nitrogen and oxygen atoms in total. The third kappa shape index (κ3) is 5.68. The SMILES string of the molecule is CC/C(=N/OCc1c(C2CC2)cccc1N(C)C(=O)N(C)N=N)c1cccc(C(F)(F)F)c1. The molecule has 1 N–H and O–H groups in total. The Labute approximate surface area is 190 Å². The highest BCUT2D eigenvalue weighted by Crippen LogP contribution is 2.44. The second kappa shape index (κ2) is 10.0. The zero-order chi connectivity index (χ0) is 24.2. The van der Waals surface area contributed by atoms with E-state index in [-0.39, 0.29) is 6.61 Å². The highest BCUT2D eigenvalue weighted by molar-refractivity contribution is 6.00. The van der Waals surface area contributed by atoms with Gasteiger partial charge in [-0.05, 0) is 54.5 Å². The van der Waals surface area contributed by atoms with E-state index in [4.69, 9.17) is 10.4 Å². The summed E-state index contributed by atoms with van der Waals surface area (Å²) in [6.45, 7) is 1.84. The maximum Gasteiger partial charge on any atom is 0.416 e. The van der Waals surface area contributed by atoms with Crippen LogP contribution in [0.1, 0.15) is 54.4 Å². The van der Waals surface area contributed by atoms with E-state index in [1.54, 1.807) is 26.1 Å². The molecule has 0 bridgehead atoms. The first-order valence-electron chi connectivity index (χ1n) is 10.5. The van der Waals surface area contributed by atoms with Crippen LogP contribution in [0.2, 0.25) is 0 Å². The van der Waals surface area contributed by atoms with Gasteiger partial charge in [0, 0.05) is 19.7 Å². The number of rotatable bonds is 8. The van der Waals surface area contributed by atoms with Crippen molar-refractivity contribution in [1.29, 1.82) is 5.53 Å². The van der Waals surface area contributed by atoms with E-state index in [0.29, 0.717) is 29.3 Å². The quantitative estimate of drug-likeness (QED) is 0.282. The molecule has 0 spiro atoms. The average Bonchev–Trinajstić information content (AvgIpc) is 3.65. The molecule has 2 aromatic rings. The second-order valence-electron chi connectivity index (χ2n) is 7.83. The lowest BCUT2D eigenvalue weighted by atomic mass is 10.0. The summed E-state index contributed by atoms with van der Waals surface area (Å²) in [6, 6.07) is 10.1. The molecule has 176 valence electrons. The highest BCUT2D eigenvalue weighted by Gasteiger charge is 2.31. The van der Waals surface area contributed by atoms with E-state index in [0.717, 1.165) is 41.1 Å². The van der Waals surface area contributed by atoms with Gasteiger partial charge in [-0.15, -0.1) is 0 Å². The Morgan fingerprint density at radius 3 is 2.48 bits per heavy atom. The molecule has 33 heavy (non-hydrogen) atoms. The number of urea groups is 1. The van der Waals surface area contributed by atoms with E-state index in [9.17, 15) is 18.0 Å². The van der Waals surface area contributed by atoms with Crippen LogP contribution < -0.4 is 4.90 Å². The molecule has 3 rings (SSSR count). The number of nitrogens with one attached hydrogen (secondary N) is 1. The van der Waals surface area contributed by atoms with E-state index >= 15 is 0 Å². The van der Waals surface area contributed by atoms with Gasteiger partial charge in [-0.1, -0.05) is 41.6 Å². The fraction of sp³-hybridized carbons (Fsp3) is 0.391. The number of halogens is 3. The average molecular weight is 461 g/mol. The number of alkyl halides is 3. The number of amides is 2. The summed E-state index contributed by atoms with van der Waals surface area (Å²) in [5.74, 6) is 0.365. The molecular weight excluding hydrogens is 435 g/mol. The maximum absolute atomic E-state index is 13.1. The fourth-order valence-electron chi connectivity index (χ4n) is 3.57. The van der Waals surface area contributed by atoms with Gasteiger partial charge >= 0.3 is 12.2 Å². The molecule has 0 aliphatic heterocycles. The van der Waals surface area contributed by atoms with Gasteiger partial charge in [0.25, 0.3) is 0 Å². The Morgan fingerprint density at radius 2 is 1.88 bits per heavy atom. The fourth-order valence-corrected chi connectivity index (χ4v) is 3.57. The lowest BCUT2D eigenvalue weighted by Gasteiger charge is -2.24. The van der Waals surface area contributed by atoms with Crippen LogP contribution in [0.3, 0.4) is 0 Å². The number of nitrogens with zero attached hydrogens (tertiary/aromatic N) is 4. The van der Waals surface area contributed by atoms with Crippen LogP contribution in [0, 0.1) is 5.53 Å². The molecule has 0 unspecified atom stereocenters. The minimum atomic E-state index is -4.44. The number of carbonyl (C=O) groups is 1. The maximum atomic E-state index is 13.1. The van der Waals surface area contributed by atoms with Gasteiger partial charge in [-0.2, -0.15) is 23.7 Å². The molecular formula is C23H26F3N5O2. The van der Waals surface area contributed by atoms with Gasteiger partial charge < -0.3 is 4.84 Å². The van der Waals surface area contributed by atoms with Crippen LogP contribution in [0.15, 0.2) is 52.8 Å². The first-order valence-corrected chi connectivity index (χ1v) is 10.5. The standard InChI is InChI=1S/C23H26F3N5O2/c1-4-20(16-7-5-8-17(13-16)23(24,25)26)28-33-14-19-18(15-11-12-15)9-6-10-21(19)30(2)22(32)31(3)29-27/h5-10,13,15,27H,4,11-12,14H2,1-3H3/b28-20-,29-27?. The van der Waals surface area contributed by atoms with Gasteiger partial charge in [0.1, 0.15) is 6.61 Å². The molecule has 1 saturated carbocycles. The molecule has 0 atom stereocenters. The van der Waals surface area contributed by atoms with Crippen molar-refractivity contribution < 1.29 is 22.8 Å². The Bertz CT molecular complexity index is 1050. The van der Waals surface area contributed by atoms with Crippen LogP contribution >= 0.6 is 0 Å². The minimum absolute atomic E-state index is 0.0455. The first-order chi connectivity index (χ1) is 15.7. The molecule has 0 heterocycles. The van der Waals surface area contributed by atoms with Crippen molar-refractivity contribution in [3.05, 3.63) is 64.7 Å². The number of carbonyl (C=O) groups excluding carboxylic acids is 1. The van der Waals surface area contributed by atoms with Crippen molar-refractivity contribution in [2.75, 3.05) is 19.0 Å². The summed E-state index contributed by atoms with van der Waals surface area (Å²) in [4.78, 5) is 19.5.